The molecule has 1 heterocycles. The Morgan fingerprint density at radius 1 is 1.53 bits per heavy atom. The van der Waals surface area contributed by atoms with Crippen LogP contribution in [0.1, 0.15) is 26.7 Å². The molecule has 5 nitrogen and oxygen atoms in total. The number of anilines is 1. The summed E-state index contributed by atoms with van der Waals surface area (Å²) in [4.78, 5) is 8.16. The number of nitrogens with one attached hydrogen (secondary N) is 1. The van der Waals surface area contributed by atoms with Crippen molar-refractivity contribution in [1.29, 1.82) is 0 Å². The first-order valence-electron chi connectivity index (χ1n) is 6.02. The largest absolute Gasteiger partial charge is 0.478 e. The number of aromatic nitrogens is 2. The molecule has 1 aliphatic rings. The highest BCUT2D eigenvalue weighted by molar-refractivity contribution is 5.40. The normalized spacial score (nSPS) is 18.5. The first kappa shape index (κ1) is 12.1. The summed E-state index contributed by atoms with van der Waals surface area (Å²) in [5.41, 5.74) is -0.294. The molecule has 5 heteroatoms. The molecule has 0 saturated heterocycles. The van der Waals surface area contributed by atoms with Crippen LogP contribution in [0.15, 0.2) is 12.4 Å². The number of rotatable bonds is 6. The molecule has 0 aliphatic heterocycles. The average Bonchev–Trinajstić information content (AvgIpc) is 3.14. The molecule has 1 fully saturated rings. The summed E-state index contributed by atoms with van der Waals surface area (Å²) in [5.74, 6) is 1.78. The Balaban J connectivity index is 2.08. The monoisotopic (exact) mass is 237 g/mol. The smallest absolute Gasteiger partial charge is 0.218 e. The second-order valence-corrected chi connectivity index (χ2v) is 4.65. The third-order valence-electron chi connectivity index (χ3n) is 3.15. The van der Waals surface area contributed by atoms with Gasteiger partial charge in [-0.05, 0) is 32.6 Å². The highest BCUT2D eigenvalue weighted by Crippen LogP contribution is 2.41. The summed E-state index contributed by atoms with van der Waals surface area (Å²) < 4.78 is 5.32. The van der Waals surface area contributed by atoms with E-state index in [9.17, 15) is 5.11 Å². The van der Waals surface area contributed by atoms with Gasteiger partial charge < -0.3 is 15.2 Å². The van der Waals surface area contributed by atoms with Crippen molar-refractivity contribution in [3.8, 4) is 5.88 Å². The summed E-state index contributed by atoms with van der Waals surface area (Å²) >= 11 is 0. The van der Waals surface area contributed by atoms with Crippen LogP contribution in [0.3, 0.4) is 0 Å². The molecule has 1 aromatic heterocycles. The lowest BCUT2D eigenvalue weighted by atomic mass is 9.97. The predicted molar refractivity (Wildman–Crippen MR) is 65.0 cm³/mol. The zero-order valence-corrected chi connectivity index (χ0v) is 10.3. The van der Waals surface area contributed by atoms with Gasteiger partial charge in [-0.25, -0.2) is 9.97 Å². The Bertz CT molecular complexity index is 382. The van der Waals surface area contributed by atoms with Gasteiger partial charge in [0.05, 0.1) is 18.8 Å². The first-order chi connectivity index (χ1) is 8.18. The Morgan fingerprint density at radius 3 is 2.88 bits per heavy atom. The zero-order chi connectivity index (χ0) is 12.3. The Hall–Kier alpha value is -1.36. The molecule has 2 rings (SSSR count). The summed E-state index contributed by atoms with van der Waals surface area (Å²) in [6, 6.07) is 1.76. The van der Waals surface area contributed by atoms with Crippen molar-refractivity contribution in [2.24, 2.45) is 5.92 Å². The lowest BCUT2D eigenvalue weighted by molar-refractivity contribution is 0.205. The van der Waals surface area contributed by atoms with Gasteiger partial charge >= 0.3 is 0 Å². The molecule has 2 N–H and O–H groups in total. The van der Waals surface area contributed by atoms with Gasteiger partial charge in [0.1, 0.15) is 12.1 Å². The highest BCUT2D eigenvalue weighted by Gasteiger charge is 2.41. The molecular formula is C12H19N3O2. The van der Waals surface area contributed by atoms with E-state index in [1.165, 1.54) is 6.33 Å². The molecule has 1 atom stereocenters. The van der Waals surface area contributed by atoms with E-state index < -0.39 is 0 Å². The van der Waals surface area contributed by atoms with E-state index in [0.717, 1.165) is 12.8 Å². The fourth-order valence-corrected chi connectivity index (χ4v) is 1.92. The zero-order valence-electron chi connectivity index (χ0n) is 10.3. The minimum atomic E-state index is -0.294. The van der Waals surface area contributed by atoms with Gasteiger partial charge in [-0.3, -0.25) is 0 Å². The Labute approximate surface area is 101 Å². The molecule has 1 unspecified atom stereocenters. The van der Waals surface area contributed by atoms with Crippen LogP contribution in [0, 0.1) is 5.92 Å². The highest BCUT2D eigenvalue weighted by atomic mass is 16.5. The van der Waals surface area contributed by atoms with Gasteiger partial charge in [-0.15, -0.1) is 0 Å². The summed E-state index contributed by atoms with van der Waals surface area (Å²) in [6.07, 6.45) is 3.79. The Kier molecular flexibility index (Phi) is 3.47. The maximum absolute atomic E-state index is 9.49. The van der Waals surface area contributed by atoms with E-state index in [1.807, 2.05) is 13.8 Å². The van der Waals surface area contributed by atoms with Crippen molar-refractivity contribution < 1.29 is 9.84 Å². The SMILES string of the molecule is CCOc1cc(NC(C)(CO)C2CC2)ncn1. The van der Waals surface area contributed by atoms with Crippen LogP contribution in [0.5, 0.6) is 5.88 Å². The topological polar surface area (TPSA) is 67.3 Å². The van der Waals surface area contributed by atoms with Crippen LogP contribution in [0.2, 0.25) is 0 Å². The molecule has 0 bridgehead atoms. The number of hydrogen-bond donors (Lipinski definition) is 2. The molecule has 1 aliphatic carbocycles. The lowest BCUT2D eigenvalue weighted by Gasteiger charge is -2.29. The van der Waals surface area contributed by atoms with Crippen LogP contribution in [0.4, 0.5) is 5.82 Å². The van der Waals surface area contributed by atoms with Crippen molar-refractivity contribution in [2.45, 2.75) is 32.2 Å². The van der Waals surface area contributed by atoms with E-state index in [2.05, 4.69) is 15.3 Å². The van der Waals surface area contributed by atoms with Crippen molar-refractivity contribution in [1.82, 2.24) is 9.97 Å². The van der Waals surface area contributed by atoms with Crippen LogP contribution in [0.25, 0.3) is 0 Å². The van der Waals surface area contributed by atoms with Crippen molar-refractivity contribution >= 4 is 5.82 Å². The maximum atomic E-state index is 9.49. The van der Waals surface area contributed by atoms with E-state index in [-0.39, 0.29) is 12.1 Å². The molecule has 1 aromatic rings. The third kappa shape index (κ3) is 2.85. The maximum Gasteiger partial charge on any atom is 0.218 e. The third-order valence-corrected chi connectivity index (χ3v) is 3.15. The van der Waals surface area contributed by atoms with Gasteiger partial charge in [0.25, 0.3) is 0 Å². The van der Waals surface area contributed by atoms with Crippen LogP contribution < -0.4 is 10.1 Å². The first-order valence-corrected chi connectivity index (χ1v) is 6.02. The minimum Gasteiger partial charge on any atom is -0.478 e. The molecule has 94 valence electrons. The second kappa shape index (κ2) is 4.87. The molecule has 0 spiro atoms. The number of aliphatic hydroxyl groups excluding tert-OH is 1. The van der Waals surface area contributed by atoms with Crippen LogP contribution >= 0.6 is 0 Å². The van der Waals surface area contributed by atoms with Gasteiger partial charge in [-0.1, -0.05) is 0 Å². The second-order valence-electron chi connectivity index (χ2n) is 4.65. The minimum absolute atomic E-state index is 0.103. The van der Waals surface area contributed by atoms with Crippen molar-refractivity contribution in [3.05, 3.63) is 12.4 Å². The molecule has 1 saturated carbocycles. The fourth-order valence-electron chi connectivity index (χ4n) is 1.92. The summed E-state index contributed by atoms with van der Waals surface area (Å²) in [7, 11) is 0. The van der Waals surface area contributed by atoms with Gasteiger partial charge in [-0.2, -0.15) is 0 Å². The molecule has 0 aromatic carbocycles. The number of hydrogen-bond acceptors (Lipinski definition) is 5. The fraction of sp³-hybridized carbons (Fsp3) is 0.667. The molecule has 0 amide bonds. The predicted octanol–water partition coefficient (Wildman–Crippen LogP) is 1.45. The molecule has 17 heavy (non-hydrogen) atoms. The van der Waals surface area contributed by atoms with E-state index >= 15 is 0 Å². The van der Waals surface area contributed by atoms with Gasteiger partial charge in [0.15, 0.2) is 0 Å². The van der Waals surface area contributed by atoms with Crippen molar-refractivity contribution in [2.75, 3.05) is 18.5 Å². The molecule has 0 radical (unpaired) electrons. The van der Waals surface area contributed by atoms with E-state index in [1.54, 1.807) is 6.07 Å². The Morgan fingerprint density at radius 2 is 2.29 bits per heavy atom. The standard InChI is InChI=1S/C12H19N3O2/c1-3-17-11-6-10(13-8-14-11)15-12(2,7-16)9-4-5-9/h6,8-9,16H,3-5,7H2,1-2H3,(H,13,14,15). The number of aliphatic hydroxyl groups is 1. The number of ether oxygens (including phenoxy) is 1. The molecular weight excluding hydrogens is 218 g/mol. The lowest BCUT2D eigenvalue weighted by Crippen LogP contribution is -2.41. The summed E-state index contributed by atoms with van der Waals surface area (Å²) in [6.45, 7) is 4.62. The van der Waals surface area contributed by atoms with Crippen LogP contribution in [-0.4, -0.2) is 33.8 Å². The van der Waals surface area contributed by atoms with Gasteiger partial charge in [0, 0.05) is 6.07 Å². The van der Waals surface area contributed by atoms with E-state index in [0.29, 0.717) is 24.2 Å². The summed E-state index contributed by atoms with van der Waals surface area (Å²) in [5, 5.41) is 12.8. The quantitative estimate of drug-likeness (QED) is 0.783. The van der Waals surface area contributed by atoms with Crippen molar-refractivity contribution in [3.63, 3.8) is 0 Å². The number of nitrogens with zero attached hydrogens (tertiary/aromatic N) is 2. The average molecular weight is 237 g/mol. The van der Waals surface area contributed by atoms with Crippen LogP contribution in [-0.2, 0) is 0 Å². The van der Waals surface area contributed by atoms with Gasteiger partial charge in [0.2, 0.25) is 5.88 Å². The van der Waals surface area contributed by atoms with E-state index in [4.69, 9.17) is 4.74 Å².